The lowest BCUT2D eigenvalue weighted by atomic mass is 10.1. The van der Waals surface area contributed by atoms with E-state index >= 15 is 0 Å². The first kappa shape index (κ1) is 10.6. The fourth-order valence-corrected chi connectivity index (χ4v) is 1.81. The van der Waals surface area contributed by atoms with E-state index in [-0.39, 0.29) is 5.75 Å². The van der Waals surface area contributed by atoms with E-state index in [1.807, 2.05) is 13.0 Å². The van der Waals surface area contributed by atoms with E-state index < -0.39 is 0 Å². The highest BCUT2D eigenvalue weighted by Crippen LogP contribution is 2.36. The topological polar surface area (TPSA) is 38.7 Å². The van der Waals surface area contributed by atoms with Crippen LogP contribution >= 0.6 is 0 Å². The van der Waals surface area contributed by atoms with Crippen LogP contribution in [-0.2, 0) is 0 Å². The molecular formula is C13H14O3. The van der Waals surface area contributed by atoms with E-state index in [0.29, 0.717) is 11.5 Å². The van der Waals surface area contributed by atoms with Gasteiger partial charge < -0.3 is 14.6 Å². The van der Waals surface area contributed by atoms with Crippen molar-refractivity contribution in [3.63, 3.8) is 0 Å². The molecule has 2 aromatic carbocycles. The first-order chi connectivity index (χ1) is 7.65. The molecule has 0 bridgehead atoms. The molecule has 0 unspecified atom stereocenters. The van der Waals surface area contributed by atoms with Crippen molar-refractivity contribution in [1.82, 2.24) is 0 Å². The molecule has 0 atom stereocenters. The average Bonchev–Trinajstić information content (AvgIpc) is 2.28. The van der Waals surface area contributed by atoms with Crippen molar-refractivity contribution in [2.75, 3.05) is 14.2 Å². The van der Waals surface area contributed by atoms with Gasteiger partial charge in [0.25, 0.3) is 0 Å². The van der Waals surface area contributed by atoms with Gasteiger partial charge >= 0.3 is 0 Å². The number of aromatic hydroxyl groups is 1. The van der Waals surface area contributed by atoms with E-state index in [9.17, 15) is 5.11 Å². The second-order valence-corrected chi connectivity index (χ2v) is 3.71. The van der Waals surface area contributed by atoms with Gasteiger partial charge in [-0.15, -0.1) is 0 Å². The fourth-order valence-electron chi connectivity index (χ4n) is 1.81. The van der Waals surface area contributed by atoms with Gasteiger partial charge in [0, 0.05) is 16.8 Å². The minimum absolute atomic E-state index is 0.243. The first-order valence-electron chi connectivity index (χ1n) is 5.01. The second kappa shape index (κ2) is 3.93. The first-order valence-corrected chi connectivity index (χ1v) is 5.01. The number of hydrogen-bond acceptors (Lipinski definition) is 3. The summed E-state index contributed by atoms with van der Waals surface area (Å²) in [6, 6.07) is 7.31. The molecule has 0 amide bonds. The number of methoxy groups -OCH3 is 2. The van der Waals surface area contributed by atoms with Crippen LogP contribution in [0.25, 0.3) is 10.8 Å². The maximum absolute atomic E-state index is 9.88. The molecular weight excluding hydrogens is 204 g/mol. The monoisotopic (exact) mass is 218 g/mol. The zero-order valence-electron chi connectivity index (χ0n) is 9.57. The van der Waals surface area contributed by atoms with Crippen LogP contribution in [0.2, 0.25) is 0 Å². The van der Waals surface area contributed by atoms with E-state index in [2.05, 4.69) is 0 Å². The molecule has 0 saturated heterocycles. The van der Waals surface area contributed by atoms with Crippen LogP contribution in [0.5, 0.6) is 17.2 Å². The zero-order valence-corrected chi connectivity index (χ0v) is 9.57. The molecule has 2 aromatic rings. The van der Waals surface area contributed by atoms with Crippen LogP contribution in [0.4, 0.5) is 0 Å². The molecule has 84 valence electrons. The number of aryl methyl sites for hydroxylation is 1. The van der Waals surface area contributed by atoms with Crippen LogP contribution in [0.1, 0.15) is 5.56 Å². The van der Waals surface area contributed by atoms with E-state index in [1.165, 1.54) is 0 Å². The largest absolute Gasteiger partial charge is 0.507 e. The molecule has 0 aliphatic rings. The standard InChI is InChI=1S/C13H14O3/c1-8-4-11-10(12(14)5-8)6-9(15-2)7-13(11)16-3/h4-7,14H,1-3H3. The van der Waals surface area contributed by atoms with Crippen molar-refractivity contribution in [3.8, 4) is 17.2 Å². The fraction of sp³-hybridized carbons (Fsp3) is 0.231. The third kappa shape index (κ3) is 1.65. The van der Waals surface area contributed by atoms with E-state index in [1.54, 1.807) is 32.4 Å². The van der Waals surface area contributed by atoms with Crippen molar-refractivity contribution in [2.45, 2.75) is 6.92 Å². The highest BCUT2D eigenvalue weighted by Gasteiger charge is 2.09. The number of phenolic OH excluding ortho intramolecular Hbond substituents is 1. The average molecular weight is 218 g/mol. The summed E-state index contributed by atoms with van der Waals surface area (Å²) in [5.74, 6) is 1.61. The summed E-state index contributed by atoms with van der Waals surface area (Å²) >= 11 is 0. The summed E-state index contributed by atoms with van der Waals surface area (Å²) in [6.45, 7) is 1.93. The Morgan fingerprint density at radius 2 is 1.69 bits per heavy atom. The summed E-state index contributed by atoms with van der Waals surface area (Å²) in [5.41, 5.74) is 0.994. The van der Waals surface area contributed by atoms with Crippen molar-refractivity contribution < 1.29 is 14.6 Å². The Balaban J connectivity index is 2.83. The third-order valence-corrected chi connectivity index (χ3v) is 2.58. The molecule has 0 saturated carbocycles. The molecule has 1 N–H and O–H groups in total. The number of benzene rings is 2. The maximum atomic E-state index is 9.88. The Kier molecular flexibility index (Phi) is 2.60. The molecule has 0 radical (unpaired) electrons. The number of fused-ring (bicyclic) bond motifs is 1. The maximum Gasteiger partial charge on any atom is 0.130 e. The van der Waals surface area contributed by atoms with Crippen molar-refractivity contribution in [3.05, 3.63) is 29.8 Å². The zero-order chi connectivity index (χ0) is 11.7. The van der Waals surface area contributed by atoms with Gasteiger partial charge in [0.2, 0.25) is 0 Å². The minimum Gasteiger partial charge on any atom is -0.507 e. The van der Waals surface area contributed by atoms with Gasteiger partial charge in [0.15, 0.2) is 0 Å². The van der Waals surface area contributed by atoms with Gasteiger partial charge in [-0.3, -0.25) is 0 Å². The smallest absolute Gasteiger partial charge is 0.130 e. The Labute approximate surface area is 94.2 Å². The van der Waals surface area contributed by atoms with Crippen LogP contribution in [-0.4, -0.2) is 19.3 Å². The number of rotatable bonds is 2. The lowest BCUT2D eigenvalue weighted by Crippen LogP contribution is -1.89. The van der Waals surface area contributed by atoms with Crippen LogP contribution in [0.3, 0.4) is 0 Å². The molecule has 3 nitrogen and oxygen atoms in total. The Morgan fingerprint density at radius 1 is 0.938 bits per heavy atom. The number of phenols is 1. The van der Waals surface area contributed by atoms with Crippen molar-refractivity contribution in [2.24, 2.45) is 0 Å². The normalized spacial score (nSPS) is 10.4. The number of hydrogen-bond donors (Lipinski definition) is 1. The summed E-state index contributed by atoms with van der Waals surface area (Å²) < 4.78 is 10.4. The molecule has 2 rings (SSSR count). The lowest BCUT2D eigenvalue weighted by molar-refractivity contribution is 0.397. The van der Waals surface area contributed by atoms with Gasteiger partial charge in [-0.05, 0) is 30.7 Å². The molecule has 0 spiro atoms. The minimum atomic E-state index is 0.243. The van der Waals surface area contributed by atoms with E-state index in [4.69, 9.17) is 9.47 Å². The molecule has 0 heterocycles. The lowest BCUT2D eigenvalue weighted by Gasteiger charge is -2.10. The SMILES string of the molecule is COc1cc(OC)c2cc(C)cc(O)c2c1. The van der Waals surface area contributed by atoms with Gasteiger partial charge in [0.05, 0.1) is 14.2 Å². The third-order valence-electron chi connectivity index (χ3n) is 2.58. The molecule has 16 heavy (non-hydrogen) atoms. The van der Waals surface area contributed by atoms with Gasteiger partial charge in [-0.2, -0.15) is 0 Å². The predicted molar refractivity (Wildman–Crippen MR) is 63.5 cm³/mol. The summed E-state index contributed by atoms with van der Waals surface area (Å²) in [4.78, 5) is 0. The molecule has 3 heteroatoms. The quantitative estimate of drug-likeness (QED) is 0.842. The summed E-state index contributed by atoms with van der Waals surface area (Å²) in [7, 11) is 3.19. The van der Waals surface area contributed by atoms with Crippen LogP contribution in [0, 0.1) is 6.92 Å². The molecule has 0 aliphatic heterocycles. The van der Waals surface area contributed by atoms with Crippen LogP contribution in [0.15, 0.2) is 24.3 Å². The Hall–Kier alpha value is -1.90. The van der Waals surface area contributed by atoms with Crippen molar-refractivity contribution in [1.29, 1.82) is 0 Å². The summed E-state index contributed by atoms with van der Waals surface area (Å²) in [5, 5.41) is 11.5. The summed E-state index contributed by atoms with van der Waals surface area (Å²) in [6.07, 6.45) is 0. The molecule has 0 aromatic heterocycles. The number of ether oxygens (including phenoxy) is 2. The highest BCUT2D eigenvalue weighted by atomic mass is 16.5. The van der Waals surface area contributed by atoms with Crippen molar-refractivity contribution >= 4 is 10.8 Å². The molecule has 0 aliphatic carbocycles. The predicted octanol–water partition coefficient (Wildman–Crippen LogP) is 2.87. The van der Waals surface area contributed by atoms with Gasteiger partial charge in [-0.1, -0.05) is 0 Å². The highest BCUT2D eigenvalue weighted by molar-refractivity contribution is 5.94. The Bertz CT molecular complexity index is 532. The second-order valence-electron chi connectivity index (χ2n) is 3.71. The van der Waals surface area contributed by atoms with Crippen LogP contribution < -0.4 is 9.47 Å². The van der Waals surface area contributed by atoms with Gasteiger partial charge in [0.1, 0.15) is 17.2 Å². The van der Waals surface area contributed by atoms with E-state index in [0.717, 1.165) is 16.3 Å². The Morgan fingerprint density at radius 3 is 2.31 bits per heavy atom. The van der Waals surface area contributed by atoms with Gasteiger partial charge in [-0.25, -0.2) is 0 Å². The molecule has 0 fully saturated rings.